The summed E-state index contributed by atoms with van der Waals surface area (Å²) in [6.45, 7) is 1.83. The first-order valence-corrected chi connectivity index (χ1v) is 8.46. The number of carbonyl (C=O) groups is 1. The summed E-state index contributed by atoms with van der Waals surface area (Å²) in [5.41, 5.74) is 0.547. The number of piperidine rings is 1. The molecule has 3 nitrogen and oxygen atoms in total. The first kappa shape index (κ1) is 15.4. The van der Waals surface area contributed by atoms with Crippen LogP contribution in [0.3, 0.4) is 0 Å². The van der Waals surface area contributed by atoms with Crippen molar-refractivity contribution in [2.45, 2.75) is 70.6 Å². The van der Waals surface area contributed by atoms with Gasteiger partial charge in [0.05, 0.1) is 0 Å². The van der Waals surface area contributed by atoms with Gasteiger partial charge in [0.25, 0.3) is 0 Å². The topological polar surface area (TPSA) is 40.5 Å². The molecule has 0 atom stereocenters. The predicted octanol–water partition coefficient (Wildman–Crippen LogP) is 4.19. The van der Waals surface area contributed by atoms with Gasteiger partial charge in [-0.2, -0.15) is 0 Å². The van der Waals surface area contributed by atoms with E-state index in [0.29, 0.717) is 5.70 Å². The van der Waals surface area contributed by atoms with Crippen LogP contribution in [0.25, 0.3) is 0 Å². The second kappa shape index (κ2) is 8.33. The molecule has 3 heteroatoms. The normalized spacial score (nSPS) is 21.4. The van der Waals surface area contributed by atoms with Crippen molar-refractivity contribution < 1.29 is 9.90 Å². The van der Waals surface area contributed by atoms with Gasteiger partial charge in [0.15, 0.2) is 0 Å². The van der Waals surface area contributed by atoms with Crippen LogP contribution in [-0.4, -0.2) is 29.1 Å². The van der Waals surface area contributed by atoms with Crippen molar-refractivity contribution in [1.82, 2.24) is 4.90 Å². The average Bonchev–Trinajstić information content (AvgIpc) is 2.96. The molecule has 2 aliphatic rings. The van der Waals surface area contributed by atoms with Crippen LogP contribution in [0, 0.1) is 5.92 Å². The number of allylic oxidation sites excluding steroid dienone is 1. The zero-order valence-electron chi connectivity index (χ0n) is 12.6. The van der Waals surface area contributed by atoms with E-state index in [1.54, 1.807) is 0 Å². The molecule has 0 aromatic carbocycles. The van der Waals surface area contributed by atoms with Crippen LogP contribution in [0.15, 0.2) is 11.8 Å². The summed E-state index contributed by atoms with van der Waals surface area (Å²) in [7, 11) is 0. The van der Waals surface area contributed by atoms with Gasteiger partial charge < -0.3 is 10.0 Å². The van der Waals surface area contributed by atoms with Gasteiger partial charge in [0.1, 0.15) is 5.70 Å². The summed E-state index contributed by atoms with van der Waals surface area (Å²) in [5.74, 6) is 0.211. The van der Waals surface area contributed by atoms with Crippen molar-refractivity contribution in [3.63, 3.8) is 0 Å². The van der Waals surface area contributed by atoms with Gasteiger partial charge in [-0.05, 0) is 38.0 Å². The zero-order chi connectivity index (χ0) is 14.2. The summed E-state index contributed by atoms with van der Waals surface area (Å²) in [5, 5.41) is 9.34. The van der Waals surface area contributed by atoms with Crippen molar-refractivity contribution in [1.29, 1.82) is 0 Å². The third kappa shape index (κ3) is 4.84. The number of aliphatic carboxylic acids is 1. The summed E-state index contributed by atoms with van der Waals surface area (Å²) < 4.78 is 0. The lowest BCUT2D eigenvalue weighted by atomic mass is 10.00. The minimum atomic E-state index is -0.748. The van der Waals surface area contributed by atoms with Crippen LogP contribution in [0.5, 0.6) is 0 Å². The molecular weight excluding hydrogens is 250 g/mol. The highest BCUT2D eigenvalue weighted by atomic mass is 16.4. The molecule has 2 fully saturated rings. The quantitative estimate of drug-likeness (QED) is 0.561. The maximum atomic E-state index is 11.4. The van der Waals surface area contributed by atoms with Crippen LogP contribution in [-0.2, 0) is 4.79 Å². The minimum absolute atomic E-state index is 0.547. The second-order valence-corrected chi connectivity index (χ2v) is 6.38. The van der Waals surface area contributed by atoms with Crippen molar-refractivity contribution in [2.24, 2.45) is 5.92 Å². The lowest BCUT2D eigenvalue weighted by molar-refractivity contribution is -0.134. The van der Waals surface area contributed by atoms with Gasteiger partial charge in [-0.15, -0.1) is 0 Å². The standard InChI is InChI=1S/C17H29NO2/c19-17(20)16(18-13-7-2-8-14-18)12-4-1-3-9-15-10-5-6-11-15/h12,15H,1-11,13-14H2,(H,19,20). The highest BCUT2D eigenvalue weighted by molar-refractivity contribution is 5.85. The molecule has 20 heavy (non-hydrogen) atoms. The molecule has 2 rings (SSSR count). The molecule has 0 bridgehead atoms. The van der Waals surface area contributed by atoms with Crippen LogP contribution >= 0.6 is 0 Å². The highest BCUT2D eigenvalue weighted by Crippen LogP contribution is 2.29. The molecule has 1 N–H and O–H groups in total. The van der Waals surface area contributed by atoms with Crippen molar-refractivity contribution in [3.8, 4) is 0 Å². The number of carboxylic acids is 1. The Kier molecular flexibility index (Phi) is 6.41. The number of likely N-dealkylation sites (tertiary alicyclic amines) is 1. The monoisotopic (exact) mass is 279 g/mol. The predicted molar refractivity (Wildman–Crippen MR) is 81.6 cm³/mol. The van der Waals surface area contributed by atoms with Crippen LogP contribution in [0.4, 0.5) is 0 Å². The number of carboxylic acid groups (broad SMARTS) is 1. The lowest BCUT2D eigenvalue weighted by Gasteiger charge is -2.29. The highest BCUT2D eigenvalue weighted by Gasteiger charge is 2.18. The summed E-state index contributed by atoms with van der Waals surface area (Å²) in [6.07, 6.45) is 15.8. The van der Waals surface area contributed by atoms with E-state index in [1.165, 1.54) is 44.9 Å². The Morgan fingerprint density at radius 2 is 1.75 bits per heavy atom. The van der Waals surface area contributed by atoms with Crippen molar-refractivity contribution in [2.75, 3.05) is 13.1 Å². The van der Waals surface area contributed by atoms with Crippen molar-refractivity contribution in [3.05, 3.63) is 11.8 Å². The molecule has 114 valence electrons. The summed E-state index contributed by atoms with van der Waals surface area (Å²) >= 11 is 0. The number of unbranched alkanes of at least 4 members (excludes halogenated alkanes) is 2. The smallest absolute Gasteiger partial charge is 0.351 e. The third-order valence-corrected chi connectivity index (χ3v) is 4.79. The SMILES string of the molecule is O=C(O)C(=CCCCCC1CCCC1)N1CCCCC1. The Morgan fingerprint density at radius 1 is 1.05 bits per heavy atom. The lowest BCUT2D eigenvalue weighted by Crippen LogP contribution is -2.32. The maximum absolute atomic E-state index is 11.4. The van der Waals surface area contributed by atoms with Gasteiger partial charge in [-0.1, -0.05) is 44.6 Å². The molecule has 1 heterocycles. The third-order valence-electron chi connectivity index (χ3n) is 4.79. The molecule has 0 radical (unpaired) electrons. The van der Waals surface area contributed by atoms with Gasteiger partial charge in [-0.3, -0.25) is 0 Å². The van der Waals surface area contributed by atoms with E-state index in [1.807, 2.05) is 6.08 Å². The Bertz CT molecular complexity index is 326. The van der Waals surface area contributed by atoms with Gasteiger partial charge in [0, 0.05) is 13.1 Å². The van der Waals surface area contributed by atoms with E-state index in [0.717, 1.165) is 44.7 Å². The van der Waals surface area contributed by atoms with Gasteiger partial charge in [0.2, 0.25) is 0 Å². The van der Waals surface area contributed by atoms with Gasteiger partial charge >= 0.3 is 5.97 Å². The van der Waals surface area contributed by atoms with E-state index in [2.05, 4.69) is 4.90 Å². The molecule has 0 aromatic heterocycles. The molecule has 1 aliphatic carbocycles. The largest absolute Gasteiger partial charge is 0.477 e. The first-order valence-electron chi connectivity index (χ1n) is 8.46. The molecular formula is C17H29NO2. The fraction of sp³-hybridized carbons (Fsp3) is 0.824. The van der Waals surface area contributed by atoms with Crippen LogP contribution in [0.2, 0.25) is 0 Å². The molecule has 1 saturated carbocycles. The van der Waals surface area contributed by atoms with E-state index in [-0.39, 0.29) is 0 Å². The molecule has 0 spiro atoms. The van der Waals surface area contributed by atoms with E-state index >= 15 is 0 Å². The maximum Gasteiger partial charge on any atom is 0.351 e. The molecule has 0 amide bonds. The van der Waals surface area contributed by atoms with Crippen molar-refractivity contribution >= 4 is 5.97 Å². The van der Waals surface area contributed by atoms with Gasteiger partial charge in [-0.25, -0.2) is 4.79 Å². The summed E-state index contributed by atoms with van der Waals surface area (Å²) in [4.78, 5) is 13.4. The van der Waals surface area contributed by atoms with Crippen LogP contribution in [0.1, 0.15) is 70.6 Å². The Hall–Kier alpha value is -0.990. The fourth-order valence-corrected chi connectivity index (χ4v) is 3.60. The first-order chi connectivity index (χ1) is 9.77. The molecule has 1 aliphatic heterocycles. The number of hydrogen-bond donors (Lipinski definition) is 1. The molecule has 1 saturated heterocycles. The van der Waals surface area contributed by atoms with E-state index in [4.69, 9.17) is 0 Å². The van der Waals surface area contributed by atoms with E-state index < -0.39 is 5.97 Å². The Balaban J connectivity index is 1.69. The average molecular weight is 279 g/mol. The molecule has 0 aromatic rings. The van der Waals surface area contributed by atoms with E-state index in [9.17, 15) is 9.90 Å². The molecule has 0 unspecified atom stereocenters. The summed E-state index contributed by atoms with van der Waals surface area (Å²) in [6, 6.07) is 0. The minimum Gasteiger partial charge on any atom is -0.477 e. The Labute approximate surface area is 123 Å². The number of nitrogens with zero attached hydrogens (tertiary/aromatic N) is 1. The number of hydrogen-bond acceptors (Lipinski definition) is 2. The second-order valence-electron chi connectivity index (χ2n) is 6.38. The number of rotatable bonds is 7. The van der Waals surface area contributed by atoms with Crippen LogP contribution < -0.4 is 0 Å². The zero-order valence-corrected chi connectivity index (χ0v) is 12.6. The fourth-order valence-electron chi connectivity index (χ4n) is 3.60. The Morgan fingerprint density at radius 3 is 2.40 bits per heavy atom.